The van der Waals surface area contributed by atoms with Crippen molar-refractivity contribution in [3.05, 3.63) is 35.4 Å². The van der Waals surface area contributed by atoms with Crippen LogP contribution in [0, 0.1) is 16.7 Å². The van der Waals surface area contributed by atoms with Crippen LogP contribution in [0.4, 0.5) is 0 Å². The molecule has 2 aliphatic rings. The lowest BCUT2D eigenvalue weighted by Gasteiger charge is -2.35. The second-order valence-corrected chi connectivity index (χ2v) is 17.4. The smallest absolute Gasteiger partial charge is 0.328 e. The van der Waals surface area contributed by atoms with Gasteiger partial charge >= 0.3 is 11.9 Å². The number of carbonyl (C=O) groups is 8. The topological polar surface area (TPSA) is 222 Å². The van der Waals surface area contributed by atoms with Crippen molar-refractivity contribution in [2.24, 2.45) is 16.7 Å². The molecule has 2 aliphatic heterocycles. The fraction of sp³-hybridized carbons (Fsp3) is 0.659. The summed E-state index contributed by atoms with van der Waals surface area (Å²) in [4.78, 5) is 109. The molecule has 0 spiro atoms. The van der Waals surface area contributed by atoms with E-state index in [1.807, 2.05) is 20.8 Å². The van der Waals surface area contributed by atoms with E-state index in [0.717, 1.165) is 0 Å². The molecule has 1 aromatic rings. The van der Waals surface area contributed by atoms with E-state index in [0.29, 0.717) is 5.56 Å². The van der Waals surface area contributed by atoms with Crippen molar-refractivity contribution >= 4 is 47.3 Å². The maximum atomic E-state index is 14.0. The van der Waals surface area contributed by atoms with Crippen molar-refractivity contribution in [1.29, 1.82) is 0 Å². The monoisotopic (exact) mass is 813 g/mol. The minimum absolute atomic E-state index is 0.00361. The number of likely N-dealkylation sites (N-methyl/N-ethyl adjacent to an activating group) is 2. The summed E-state index contributed by atoms with van der Waals surface area (Å²) in [5.41, 5.74) is -0.843. The molecule has 5 amide bonds. The quantitative estimate of drug-likeness (QED) is 0.123. The summed E-state index contributed by atoms with van der Waals surface area (Å²) in [7, 11) is 5.71. The number of likely N-dealkylation sites (tertiary alicyclic amines) is 2. The van der Waals surface area contributed by atoms with Gasteiger partial charge in [0.15, 0.2) is 5.78 Å². The van der Waals surface area contributed by atoms with Crippen LogP contribution in [0.1, 0.15) is 95.4 Å². The van der Waals surface area contributed by atoms with Crippen LogP contribution in [-0.4, -0.2) is 141 Å². The third kappa shape index (κ3) is 11.6. The summed E-state index contributed by atoms with van der Waals surface area (Å²) in [6.07, 6.45) is 0.286. The van der Waals surface area contributed by atoms with E-state index in [1.165, 1.54) is 48.3 Å². The van der Waals surface area contributed by atoms with Crippen molar-refractivity contribution < 1.29 is 47.8 Å². The lowest BCUT2D eigenvalue weighted by atomic mass is 9.85. The van der Waals surface area contributed by atoms with Crippen LogP contribution in [0.3, 0.4) is 0 Å². The number of ether oxygens (including phenoxy) is 2. The highest BCUT2D eigenvalue weighted by atomic mass is 16.5. The zero-order chi connectivity index (χ0) is 43.9. The van der Waals surface area contributed by atoms with E-state index < -0.39 is 82.8 Å². The largest absolute Gasteiger partial charge is 0.467 e. The van der Waals surface area contributed by atoms with Crippen LogP contribution in [0.2, 0.25) is 0 Å². The maximum Gasteiger partial charge on any atom is 0.328 e. The summed E-state index contributed by atoms with van der Waals surface area (Å²) in [5.74, 6) is -4.07. The summed E-state index contributed by atoms with van der Waals surface area (Å²) in [5, 5.41) is 14.2. The number of carbonyl (C=O) groups excluding carboxylic acids is 8. The molecular weight excluding hydrogens is 750 g/mol. The standard InChI is InChI=1S/C41H63N7O10/c1-22(42-9)33(50)45-31(40(3,4)5)36(53)47-20-24(17-28(47)38(55)57-11)18-30(49)25-13-15-26(16-14-25)35(52)44-27-19-29(39(56)58-12)48(21-27)37(54)32(41(6,7)8)46-34(51)23(2)43-10/h13-16,22-24,27-29,31-32,42-43H,17-21H2,1-12H3,(H,44,52)(H,45,50)(H,46,51)/t22-,23-,24+,27-,28-,29-,31+,32+/m0/s1. The van der Waals surface area contributed by atoms with Crippen LogP contribution in [0.25, 0.3) is 0 Å². The predicted octanol–water partition coefficient (Wildman–Crippen LogP) is 0.799. The predicted molar refractivity (Wildman–Crippen MR) is 214 cm³/mol. The summed E-state index contributed by atoms with van der Waals surface area (Å²) < 4.78 is 10.0. The third-order valence-electron chi connectivity index (χ3n) is 10.9. The van der Waals surface area contributed by atoms with Gasteiger partial charge in [-0.1, -0.05) is 53.7 Å². The lowest BCUT2D eigenvalue weighted by molar-refractivity contribution is -0.153. The van der Waals surface area contributed by atoms with Gasteiger partial charge in [-0.3, -0.25) is 28.8 Å². The molecule has 0 aromatic heterocycles. The highest BCUT2D eigenvalue weighted by Crippen LogP contribution is 2.32. The molecule has 0 bridgehead atoms. The van der Waals surface area contributed by atoms with Crippen LogP contribution in [-0.2, 0) is 38.2 Å². The van der Waals surface area contributed by atoms with Crippen LogP contribution in [0.15, 0.2) is 24.3 Å². The van der Waals surface area contributed by atoms with Gasteiger partial charge in [-0.2, -0.15) is 0 Å². The molecule has 17 heteroatoms. The van der Waals surface area contributed by atoms with Crippen molar-refractivity contribution in [2.75, 3.05) is 41.4 Å². The van der Waals surface area contributed by atoms with Crippen LogP contribution in [0.5, 0.6) is 0 Å². The second-order valence-electron chi connectivity index (χ2n) is 17.4. The van der Waals surface area contributed by atoms with Crippen molar-refractivity contribution in [1.82, 2.24) is 36.4 Å². The van der Waals surface area contributed by atoms with Crippen molar-refractivity contribution in [3.63, 3.8) is 0 Å². The molecule has 1 aromatic carbocycles. The molecule has 3 rings (SSSR count). The molecule has 2 heterocycles. The van der Waals surface area contributed by atoms with E-state index in [2.05, 4.69) is 26.6 Å². The molecule has 5 N–H and O–H groups in total. The van der Waals surface area contributed by atoms with Crippen LogP contribution >= 0.6 is 0 Å². The number of hydrogen-bond acceptors (Lipinski definition) is 12. The van der Waals surface area contributed by atoms with Gasteiger partial charge in [0.2, 0.25) is 23.6 Å². The van der Waals surface area contributed by atoms with E-state index in [-0.39, 0.29) is 61.4 Å². The van der Waals surface area contributed by atoms with Gasteiger partial charge in [0.05, 0.1) is 26.3 Å². The van der Waals surface area contributed by atoms with Crippen molar-refractivity contribution in [2.45, 2.75) is 117 Å². The Balaban J connectivity index is 1.72. The molecule has 58 heavy (non-hydrogen) atoms. The first-order valence-electron chi connectivity index (χ1n) is 19.6. The third-order valence-corrected chi connectivity index (χ3v) is 10.9. The first kappa shape index (κ1) is 47.5. The maximum absolute atomic E-state index is 14.0. The minimum Gasteiger partial charge on any atom is -0.467 e. The van der Waals surface area contributed by atoms with Crippen molar-refractivity contribution in [3.8, 4) is 0 Å². The minimum atomic E-state index is -0.994. The van der Waals surface area contributed by atoms with Gasteiger partial charge < -0.3 is 45.9 Å². The number of rotatable bonds is 15. The first-order valence-corrected chi connectivity index (χ1v) is 19.6. The zero-order valence-electron chi connectivity index (χ0n) is 35.9. The van der Waals surface area contributed by atoms with E-state index in [1.54, 1.807) is 48.7 Å². The summed E-state index contributed by atoms with van der Waals surface area (Å²) in [6, 6.07) is 0.437. The average Bonchev–Trinajstić information content (AvgIpc) is 3.80. The molecule has 0 unspecified atom stereocenters. The molecule has 0 aliphatic carbocycles. The molecular formula is C41H63N7O10. The molecule has 2 fully saturated rings. The Morgan fingerprint density at radius 1 is 0.672 bits per heavy atom. The highest BCUT2D eigenvalue weighted by Gasteiger charge is 2.47. The summed E-state index contributed by atoms with van der Waals surface area (Å²) >= 11 is 0. The normalized spacial score (nSPS) is 21.6. The van der Waals surface area contributed by atoms with E-state index >= 15 is 0 Å². The van der Waals surface area contributed by atoms with Crippen LogP contribution < -0.4 is 26.6 Å². The fourth-order valence-corrected chi connectivity index (χ4v) is 7.10. The number of methoxy groups -OCH3 is 2. The van der Waals surface area contributed by atoms with E-state index in [4.69, 9.17) is 9.47 Å². The first-order chi connectivity index (χ1) is 27.0. The molecule has 0 saturated carbocycles. The van der Waals surface area contributed by atoms with Gasteiger partial charge in [-0.25, -0.2) is 9.59 Å². The molecule has 2 saturated heterocycles. The second kappa shape index (κ2) is 19.7. The van der Waals surface area contributed by atoms with Gasteiger partial charge in [0, 0.05) is 43.1 Å². The number of benzene rings is 1. The number of esters is 2. The molecule has 8 atom stereocenters. The Bertz CT molecular complexity index is 1580. The Morgan fingerprint density at radius 3 is 1.50 bits per heavy atom. The zero-order valence-corrected chi connectivity index (χ0v) is 35.9. The SMILES string of the molecule is CN[C@@H](C)C(=O)N[C@H](C(=O)N1C[C@@H](CC(=O)c2ccc(C(=O)N[C@H]3C[C@@H](C(=O)OC)N(C(=O)[C@@H](NC(=O)[C@H](C)NC)C(C)(C)C)C3)cc2)C[C@H]1C(=O)OC)C(C)(C)C. The molecule has 17 nitrogen and oxygen atoms in total. The van der Waals surface area contributed by atoms with E-state index in [9.17, 15) is 38.4 Å². The summed E-state index contributed by atoms with van der Waals surface area (Å²) in [6.45, 7) is 14.3. The highest BCUT2D eigenvalue weighted by molar-refractivity contribution is 6.00. The Labute approximate surface area is 341 Å². The van der Waals surface area contributed by atoms with Gasteiger partial charge in [0.25, 0.3) is 5.91 Å². The Morgan fingerprint density at radius 2 is 1.09 bits per heavy atom. The van der Waals surface area contributed by atoms with Gasteiger partial charge in [0.1, 0.15) is 24.2 Å². The number of amides is 5. The number of Topliss-reactive ketones (excluding diaryl/α,β-unsaturated/α-hetero) is 1. The number of nitrogens with zero attached hydrogens (tertiary/aromatic N) is 2. The Hall–Kier alpha value is -4.90. The van der Waals surface area contributed by atoms with Gasteiger partial charge in [-0.15, -0.1) is 0 Å². The lowest BCUT2D eigenvalue weighted by Crippen LogP contribution is -2.59. The number of ketones is 1. The number of nitrogens with one attached hydrogen (secondary N) is 5. The average molecular weight is 814 g/mol. The molecule has 322 valence electrons. The molecule has 0 radical (unpaired) electrons. The Kier molecular flexibility index (Phi) is 16.1. The van der Waals surface area contributed by atoms with Gasteiger partial charge in [-0.05, 0) is 63.2 Å². The number of hydrogen-bond donors (Lipinski definition) is 5. The fourth-order valence-electron chi connectivity index (χ4n) is 7.10.